The molecule has 3 aromatic carbocycles. The molecule has 0 atom stereocenters. The lowest BCUT2D eigenvalue weighted by Crippen LogP contribution is -2.14. The first-order chi connectivity index (χ1) is 16.7. The summed E-state index contributed by atoms with van der Waals surface area (Å²) in [6.07, 6.45) is 1.41. The second-order valence-electron chi connectivity index (χ2n) is 7.33. The third kappa shape index (κ3) is 6.71. The van der Waals surface area contributed by atoms with E-state index in [1.54, 1.807) is 31.2 Å². The number of anilines is 1. The predicted molar refractivity (Wildman–Crippen MR) is 142 cm³/mol. The molecule has 0 aliphatic carbocycles. The topological polar surface area (TPSA) is 114 Å². The first kappa shape index (κ1) is 26.0. The molecule has 0 bridgehead atoms. The van der Waals surface area contributed by atoms with Crippen LogP contribution in [0.1, 0.15) is 16.7 Å². The molecule has 0 fully saturated rings. The molecule has 0 aliphatic heterocycles. The van der Waals surface area contributed by atoms with Crippen LogP contribution < -0.4 is 14.8 Å². The highest BCUT2D eigenvalue weighted by Gasteiger charge is 2.16. The molecular weight excluding hydrogens is 585 g/mol. The molecular formula is C25H19ClIN3O5. The summed E-state index contributed by atoms with van der Waals surface area (Å²) in [5.41, 5.74) is 2.01. The summed E-state index contributed by atoms with van der Waals surface area (Å²) in [6.45, 7) is 2.00. The number of nitro benzene ring substituents is 1. The van der Waals surface area contributed by atoms with Crippen LogP contribution in [0.3, 0.4) is 0 Å². The second kappa shape index (κ2) is 11.7. The van der Waals surface area contributed by atoms with E-state index in [0.29, 0.717) is 34.3 Å². The molecule has 10 heteroatoms. The van der Waals surface area contributed by atoms with Gasteiger partial charge in [-0.1, -0.05) is 29.8 Å². The number of carbonyl (C=O) groups is 1. The first-order valence-corrected chi connectivity index (χ1v) is 11.6. The van der Waals surface area contributed by atoms with E-state index < -0.39 is 10.8 Å². The lowest BCUT2D eigenvalue weighted by molar-refractivity contribution is -0.384. The highest BCUT2D eigenvalue weighted by atomic mass is 127. The van der Waals surface area contributed by atoms with Crippen LogP contribution in [0.5, 0.6) is 11.5 Å². The Morgan fingerprint density at radius 2 is 1.94 bits per heavy atom. The minimum Gasteiger partial charge on any atom is -0.493 e. The van der Waals surface area contributed by atoms with Crippen LogP contribution in [0.15, 0.2) is 60.2 Å². The monoisotopic (exact) mass is 603 g/mol. The Balaban J connectivity index is 1.84. The van der Waals surface area contributed by atoms with Crippen molar-refractivity contribution in [2.75, 3.05) is 12.4 Å². The first-order valence-electron chi connectivity index (χ1n) is 10.1. The molecule has 0 unspecified atom stereocenters. The van der Waals surface area contributed by atoms with Crippen molar-refractivity contribution >= 4 is 57.5 Å². The van der Waals surface area contributed by atoms with E-state index in [0.717, 1.165) is 9.13 Å². The number of ether oxygens (including phenoxy) is 2. The summed E-state index contributed by atoms with van der Waals surface area (Å²) in [7, 11) is 1.50. The molecule has 1 amide bonds. The molecule has 0 aliphatic rings. The van der Waals surface area contributed by atoms with Crippen molar-refractivity contribution in [1.82, 2.24) is 0 Å². The number of aryl methyl sites for hydroxylation is 1. The zero-order valence-electron chi connectivity index (χ0n) is 18.7. The fourth-order valence-electron chi connectivity index (χ4n) is 3.06. The molecule has 0 saturated heterocycles. The predicted octanol–water partition coefficient (Wildman–Crippen LogP) is 6.29. The highest BCUT2D eigenvalue weighted by Crippen LogP contribution is 2.35. The summed E-state index contributed by atoms with van der Waals surface area (Å²) in [5, 5.41) is 23.8. The van der Waals surface area contributed by atoms with Crippen molar-refractivity contribution in [3.63, 3.8) is 0 Å². The number of rotatable bonds is 8. The summed E-state index contributed by atoms with van der Waals surface area (Å²) >= 11 is 8.01. The maximum absolute atomic E-state index is 12.7. The van der Waals surface area contributed by atoms with E-state index in [-0.39, 0.29) is 16.9 Å². The smallest absolute Gasteiger partial charge is 0.271 e. The lowest BCUT2D eigenvalue weighted by atomic mass is 10.1. The Morgan fingerprint density at radius 1 is 1.23 bits per heavy atom. The van der Waals surface area contributed by atoms with E-state index in [4.69, 9.17) is 21.1 Å². The number of hydrogen-bond donors (Lipinski definition) is 1. The number of hydrogen-bond acceptors (Lipinski definition) is 6. The number of benzene rings is 3. The number of nitrogens with one attached hydrogen (secondary N) is 1. The number of amides is 1. The van der Waals surface area contributed by atoms with Gasteiger partial charge >= 0.3 is 0 Å². The molecule has 0 aromatic heterocycles. The molecule has 0 saturated carbocycles. The second-order valence-corrected chi connectivity index (χ2v) is 8.93. The molecule has 1 N–H and O–H groups in total. The van der Waals surface area contributed by atoms with Crippen LogP contribution in [-0.4, -0.2) is 17.9 Å². The van der Waals surface area contributed by atoms with Gasteiger partial charge in [0.15, 0.2) is 11.5 Å². The Labute approximate surface area is 220 Å². The third-order valence-corrected chi connectivity index (χ3v) is 5.96. The fraction of sp³-hybridized carbons (Fsp3) is 0.120. The summed E-state index contributed by atoms with van der Waals surface area (Å²) in [4.78, 5) is 23.2. The lowest BCUT2D eigenvalue weighted by Gasteiger charge is -2.14. The van der Waals surface area contributed by atoms with Crippen LogP contribution in [-0.2, 0) is 11.4 Å². The van der Waals surface area contributed by atoms with Gasteiger partial charge in [-0.2, -0.15) is 5.26 Å². The van der Waals surface area contributed by atoms with Crippen molar-refractivity contribution in [3.8, 4) is 17.6 Å². The van der Waals surface area contributed by atoms with Gasteiger partial charge in [0, 0.05) is 17.2 Å². The standard InChI is InChI=1S/C25H19ClIN3O5/c1-15-3-8-20(30(32)33)12-22(15)29-25(31)18(13-28)9-17-10-21(27)24(23(11-17)34-2)35-14-16-4-6-19(26)7-5-16/h3-12H,14H2,1-2H3,(H,29,31)/b18-9+. The van der Waals surface area contributed by atoms with E-state index in [1.807, 2.05) is 18.2 Å². The summed E-state index contributed by atoms with van der Waals surface area (Å²) in [6, 6.07) is 16.7. The Morgan fingerprint density at radius 3 is 2.57 bits per heavy atom. The van der Waals surface area contributed by atoms with Crippen molar-refractivity contribution in [2.45, 2.75) is 13.5 Å². The molecule has 3 aromatic rings. The zero-order valence-corrected chi connectivity index (χ0v) is 21.6. The van der Waals surface area contributed by atoms with Gasteiger partial charge < -0.3 is 14.8 Å². The van der Waals surface area contributed by atoms with E-state index in [9.17, 15) is 20.2 Å². The molecule has 178 valence electrons. The van der Waals surface area contributed by atoms with Crippen molar-refractivity contribution < 1.29 is 19.2 Å². The van der Waals surface area contributed by atoms with Gasteiger partial charge in [0.05, 0.1) is 21.3 Å². The van der Waals surface area contributed by atoms with Crippen LogP contribution in [0.25, 0.3) is 6.08 Å². The average Bonchev–Trinajstić information content (AvgIpc) is 2.83. The van der Waals surface area contributed by atoms with Crippen LogP contribution >= 0.6 is 34.2 Å². The molecule has 0 heterocycles. The number of nitriles is 1. The molecule has 0 spiro atoms. The quantitative estimate of drug-likeness (QED) is 0.106. The average molecular weight is 604 g/mol. The van der Waals surface area contributed by atoms with Crippen molar-refractivity contribution in [3.05, 3.63) is 95.6 Å². The third-order valence-electron chi connectivity index (χ3n) is 4.90. The maximum atomic E-state index is 12.7. The van der Waals surface area contributed by atoms with Crippen LogP contribution in [0, 0.1) is 31.9 Å². The van der Waals surface area contributed by atoms with Crippen LogP contribution in [0.2, 0.25) is 5.02 Å². The normalized spacial score (nSPS) is 10.9. The number of nitro groups is 1. The summed E-state index contributed by atoms with van der Waals surface area (Å²) in [5.74, 6) is 0.271. The molecule has 35 heavy (non-hydrogen) atoms. The molecule has 3 rings (SSSR count). The molecule has 0 radical (unpaired) electrons. The zero-order chi connectivity index (χ0) is 25.5. The Hall–Kier alpha value is -3.62. The van der Waals surface area contributed by atoms with Gasteiger partial charge in [-0.05, 0) is 76.5 Å². The van der Waals surface area contributed by atoms with Gasteiger partial charge in [0.25, 0.3) is 11.6 Å². The van der Waals surface area contributed by atoms with E-state index >= 15 is 0 Å². The number of methoxy groups -OCH3 is 1. The Kier molecular flexibility index (Phi) is 8.68. The van der Waals surface area contributed by atoms with Gasteiger partial charge in [-0.3, -0.25) is 14.9 Å². The van der Waals surface area contributed by atoms with Gasteiger partial charge in [0.2, 0.25) is 0 Å². The van der Waals surface area contributed by atoms with Gasteiger partial charge in [0.1, 0.15) is 18.2 Å². The SMILES string of the molecule is COc1cc(/C=C(\C#N)C(=O)Nc2cc([N+](=O)[O-])ccc2C)cc(I)c1OCc1ccc(Cl)cc1. The van der Waals surface area contributed by atoms with E-state index in [2.05, 4.69) is 27.9 Å². The number of non-ortho nitro benzene ring substituents is 1. The van der Waals surface area contributed by atoms with Gasteiger partial charge in [-0.15, -0.1) is 0 Å². The van der Waals surface area contributed by atoms with E-state index in [1.165, 1.54) is 31.4 Å². The van der Waals surface area contributed by atoms with Crippen molar-refractivity contribution in [2.24, 2.45) is 0 Å². The number of halogens is 2. The van der Waals surface area contributed by atoms with Crippen LogP contribution in [0.4, 0.5) is 11.4 Å². The number of carbonyl (C=O) groups excluding carboxylic acids is 1. The highest BCUT2D eigenvalue weighted by molar-refractivity contribution is 14.1. The Bertz CT molecular complexity index is 1350. The fourth-order valence-corrected chi connectivity index (χ4v) is 3.97. The summed E-state index contributed by atoms with van der Waals surface area (Å²) < 4.78 is 12.1. The molecule has 8 nitrogen and oxygen atoms in total. The maximum Gasteiger partial charge on any atom is 0.271 e. The largest absolute Gasteiger partial charge is 0.493 e. The van der Waals surface area contributed by atoms with Crippen molar-refractivity contribution in [1.29, 1.82) is 5.26 Å². The minimum absolute atomic E-state index is 0.165. The number of nitrogens with zero attached hydrogens (tertiary/aromatic N) is 2. The minimum atomic E-state index is -0.687. The van der Waals surface area contributed by atoms with Gasteiger partial charge in [-0.25, -0.2) is 0 Å².